The Morgan fingerprint density at radius 3 is 2.61 bits per heavy atom. The monoisotopic (exact) mass is 268 g/mol. The minimum atomic E-state index is -2.45. The van der Waals surface area contributed by atoms with Gasteiger partial charge in [0.25, 0.3) is 6.43 Å². The fourth-order valence-electron chi connectivity index (χ4n) is 1.23. The van der Waals surface area contributed by atoms with Gasteiger partial charge in [-0.1, -0.05) is 24.3 Å². The largest absolute Gasteiger partial charge is 0.383 e. The highest BCUT2D eigenvalue weighted by Crippen LogP contribution is 2.18. The molecule has 2 aromatic rings. The number of thiazole rings is 1. The summed E-state index contributed by atoms with van der Waals surface area (Å²) in [5, 5.41) is 6.20. The average Bonchev–Trinajstić information content (AvgIpc) is 2.76. The number of nitrogens with one attached hydrogen (secondary N) is 1. The second-order valence-corrected chi connectivity index (χ2v) is 4.27. The van der Waals surface area contributed by atoms with Crippen molar-refractivity contribution >= 4 is 28.5 Å². The maximum absolute atomic E-state index is 12.3. The third-order valence-corrected chi connectivity index (χ3v) is 2.85. The third kappa shape index (κ3) is 3.24. The number of anilines is 2. The van der Waals surface area contributed by atoms with Gasteiger partial charge in [-0.2, -0.15) is 5.10 Å². The van der Waals surface area contributed by atoms with E-state index in [2.05, 4.69) is 15.5 Å². The van der Waals surface area contributed by atoms with Crippen molar-refractivity contribution in [3.63, 3.8) is 0 Å². The molecule has 1 aromatic carbocycles. The Bertz CT molecular complexity index is 536. The van der Waals surface area contributed by atoms with Gasteiger partial charge in [0.05, 0.1) is 6.21 Å². The first-order valence-electron chi connectivity index (χ1n) is 5.03. The molecule has 0 aliphatic rings. The Morgan fingerprint density at radius 1 is 1.33 bits per heavy atom. The van der Waals surface area contributed by atoms with Gasteiger partial charge in [-0.15, -0.1) is 11.3 Å². The summed E-state index contributed by atoms with van der Waals surface area (Å²) >= 11 is 1.33. The maximum Gasteiger partial charge on any atom is 0.263 e. The first-order chi connectivity index (χ1) is 8.65. The van der Waals surface area contributed by atoms with Gasteiger partial charge in [-0.25, -0.2) is 13.8 Å². The summed E-state index contributed by atoms with van der Waals surface area (Å²) in [4.78, 5) is 3.95. The van der Waals surface area contributed by atoms with Crippen LogP contribution in [0.4, 0.5) is 19.7 Å². The van der Waals surface area contributed by atoms with Crippen molar-refractivity contribution in [3.8, 4) is 0 Å². The lowest BCUT2D eigenvalue weighted by atomic mass is 10.1. The Balaban J connectivity index is 1.96. The molecule has 0 unspecified atom stereocenters. The number of hydrogen-bond donors (Lipinski definition) is 2. The Morgan fingerprint density at radius 2 is 2.06 bits per heavy atom. The molecule has 0 fully saturated rings. The van der Waals surface area contributed by atoms with Crippen LogP contribution in [0.25, 0.3) is 0 Å². The Hall–Kier alpha value is -2.02. The van der Waals surface area contributed by atoms with Crippen LogP contribution in [-0.2, 0) is 0 Å². The van der Waals surface area contributed by atoms with Gasteiger partial charge in [-0.3, -0.25) is 5.43 Å². The third-order valence-electron chi connectivity index (χ3n) is 2.08. The van der Waals surface area contributed by atoms with Crippen LogP contribution >= 0.6 is 11.3 Å². The molecule has 7 heteroatoms. The van der Waals surface area contributed by atoms with Gasteiger partial charge in [-0.05, 0) is 5.56 Å². The van der Waals surface area contributed by atoms with Crippen LogP contribution in [0.5, 0.6) is 0 Å². The van der Waals surface area contributed by atoms with Crippen molar-refractivity contribution < 1.29 is 8.78 Å². The van der Waals surface area contributed by atoms with Gasteiger partial charge in [0.1, 0.15) is 5.82 Å². The number of nitrogens with zero attached hydrogens (tertiary/aromatic N) is 2. The van der Waals surface area contributed by atoms with E-state index < -0.39 is 6.43 Å². The van der Waals surface area contributed by atoms with Crippen molar-refractivity contribution in [3.05, 3.63) is 40.8 Å². The molecule has 0 amide bonds. The molecule has 3 N–H and O–H groups in total. The fourth-order valence-corrected chi connectivity index (χ4v) is 1.78. The van der Waals surface area contributed by atoms with Gasteiger partial charge in [0.2, 0.25) is 5.13 Å². The summed E-state index contributed by atoms with van der Waals surface area (Å²) in [5.74, 6) is 0.430. The fraction of sp³-hybridized carbons (Fsp3) is 0.0909. The summed E-state index contributed by atoms with van der Waals surface area (Å²) in [7, 11) is 0. The van der Waals surface area contributed by atoms with Crippen molar-refractivity contribution in [2.24, 2.45) is 5.10 Å². The van der Waals surface area contributed by atoms with Gasteiger partial charge in [0, 0.05) is 10.9 Å². The molecule has 0 radical (unpaired) electrons. The Kier molecular flexibility index (Phi) is 3.83. The number of halogens is 2. The molecular formula is C11H10F2N4S. The number of hydrogen-bond acceptors (Lipinski definition) is 5. The van der Waals surface area contributed by atoms with E-state index in [1.54, 1.807) is 17.5 Å². The minimum Gasteiger partial charge on any atom is -0.383 e. The predicted molar refractivity (Wildman–Crippen MR) is 69.1 cm³/mol. The number of rotatable bonds is 4. The van der Waals surface area contributed by atoms with Crippen molar-refractivity contribution in [1.82, 2.24) is 4.98 Å². The van der Waals surface area contributed by atoms with Gasteiger partial charge < -0.3 is 5.73 Å². The van der Waals surface area contributed by atoms with E-state index in [9.17, 15) is 8.78 Å². The molecule has 2 rings (SSSR count). The van der Waals surface area contributed by atoms with E-state index in [1.807, 2.05) is 0 Å². The van der Waals surface area contributed by atoms with Crippen LogP contribution in [0.15, 0.2) is 34.7 Å². The van der Waals surface area contributed by atoms with Crippen LogP contribution in [-0.4, -0.2) is 11.2 Å². The molecule has 94 valence electrons. The zero-order chi connectivity index (χ0) is 13.0. The predicted octanol–water partition coefficient (Wildman–Crippen LogP) is 3.11. The van der Waals surface area contributed by atoms with Gasteiger partial charge >= 0.3 is 0 Å². The van der Waals surface area contributed by atoms with E-state index in [0.29, 0.717) is 10.9 Å². The molecule has 0 atom stereocenters. The standard InChI is InChI=1S/C11H10F2N4S/c12-10(13)8-3-1-7(2-4-8)5-15-17-11-16-9(14)6-18-11/h1-6,10H,14H2,(H,16,17). The highest BCUT2D eigenvalue weighted by Gasteiger charge is 2.04. The average molecular weight is 268 g/mol. The molecule has 4 nitrogen and oxygen atoms in total. The van der Waals surface area contributed by atoms with Crippen LogP contribution in [0.2, 0.25) is 0 Å². The van der Waals surface area contributed by atoms with E-state index in [4.69, 9.17) is 5.73 Å². The number of aromatic nitrogens is 1. The molecule has 1 heterocycles. The summed E-state index contributed by atoms with van der Waals surface area (Å²) in [6.45, 7) is 0. The molecule has 1 aromatic heterocycles. The quantitative estimate of drug-likeness (QED) is 0.661. The summed E-state index contributed by atoms with van der Waals surface area (Å²) in [6.07, 6.45) is -0.931. The number of nitrogen functional groups attached to an aromatic ring is 1. The number of nitrogens with two attached hydrogens (primary N) is 1. The first-order valence-corrected chi connectivity index (χ1v) is 5.91. The number of hydrazone groups is 1. The lowest BCUT2D eigenvalue weighted by Crippen LogP contribution is -1.91. The second-order valence-electron chi connectivity index (χ2n) is 3.41. The normalized spacial score (nSPS) is 11.3. The maximum atomic E-state index is 12.3. The van der Waals surface area contributed by atoms with Crippen LogP contribution in [0.3, 0.4) is 0 Å². The van der Waals surface area contributed by atoms with E-state index in [-0.39, 0.29) is 5.56 Å². The van der Waals surface area contributed by atoms with Gasteiger partial charge in [0.15, 0.2) is 0 Å². The zero-order valence-corrected chi connectivity index (χ0v) is 9.99. The smallest absolute Gasteiger partial charge is 0.263 e. The molecule has 0 aliphatic heterocycles. The molecule has 0 aliphatic carbocycles. The molecule has 0 spiro atoms. The minimum absolute atomic E-state index is 0.00666. The zero-order valence-electron chi connectivity index (χ0n) is 9.18. The summed E-state index contributed by atoms with van der Waals surface area (Å²) in [5.41, 5.74) is 8.86. The summed E-state index contributed by atoms with van der Waals surface area (Å²) < 4.78 is 24.6. The molecule has 0 bridgehead atoms. The van der Waals surface area contributed by atoms with E-state index in [0.717, 1.165) is 5.56 Å². The van der Waals surface area contributed by atoms with Crippen LogP contribution in [0, 0.1) is 0 Å². The van der Waals surface area contributed by atoms with E-state index >= 15 is 0 Å². The van der Waals surface area contributed by atoms with Crippen molar-refractivity contribution in [1.29, 1.82) is 0 Å². The lowest BCUT2D eigenvalue weighted by Gasteiger charge is -1.99. The van der Waals surface area contributed by atoms with Crippen molar-refractivity contribution in [2.75, 3.05) is 11.2 Å². The highest BCUT2D eigenvalue weighted by molar-refractivity contribution is 7.14. The molecule has 0 saturated carbocycles. The summed E-state index contributed by atoms with van der Waals surface area (Å²) in [6, 6.07) is 5.88. The van der Waals surface area contributed by atoms with Crippen LogP contribution in [0.1, 0.15) is 17.6 Å². The second kappa shape index (κ2) is 5.54. The topological polar surface area (TPSA) is 63.3 Å². The van der Waals surface area contributed by atoms with E-state index in [1.165, 1.54) is 29.7 Å². The highest BCUT2D eigenvalue weighted by atomic mass is 32.1. The number of alkyl halides is 2. The molecule has 0 saturated heterocycles. The molecular weight excluding hydrogens is 258 g/mol. The Labute approximate surface area is 106 Å². The first kappa shape index (κ1) is 12.4. The SMILES string of the molecule is Nc1csc(NN=Cc2ccc(C(F)F)cc2)n1. The van der Waals surface area contributed by atoms with Crippen LogP contribution < -0.4 is 11.2 Å². The number of benzene rings is 1. The molecule has 18 heavy (non-hydrogen) atoms. The lowest BCUT2D eigenvalue weighted by molar-refractivity contribution is 0.151. The van der Waals surface area contributed by atoms with Crippen molar-refractivity contribution in [2.45, 2.75) is 6.43 Å².